The summed E-state index contributed by atoms with van der Waals surface area (Å²) in [5.74, 6) is -1.23. The van der Waals surface area contributed by atoms with Gasteiger partial charge in [0.05, 0.1) is 16.8 Å². The van der Waals surface area contributed by atoms with Crippen molar-refractivity contribution in [1.29, 1.82) is 0 Å². The largest absolute Gasteiger partial charge is 0.462 e. The van der Waals surface area contributed by atoms with Crippen LogP contribution in [0.3, 0.4) is 0 Å². The van der Waals surface area contributed by atoms with E-state index >= 15 is 0 Å². The van der Waals surface area contributed by atoms with Crippen LogP contribution >= 0.6 is 0 Å². The standard InChI is InChI=1S/C26H30FN7O4S/c1-15-12-34(13-16(2)29-15)22-6-5-19(24-20(22)11-28-26(31-24)38-7-8-39(4,36)37)25(35)30-18-9-17-14-33(3)32-23(17)21(27)10-18/h5-6,9-11,14-16,29H,7-8,12-13H2,1-4H3,(H,30,35)/t15-,16-/m1/s1. The number of fused-ring (bicyclic) bond motifs is 2. The minimum Gasteiger partial charge on any atom is -0.462 e. The Morgan fingerprint density at radius 1 is 1.21 bits per heavy atom. The number of benzene rings is 2. The second kappa shape index (κ2) is 10.4. The molecule has 1 amide bonds. The number of anilines is 2. The molecule has 3 heterocycles. The first kappa shape index (κ1) is 26.8. The maximum atomic E-state index is 14.6. The maximum Gasteiger partial charge on any atom is 0.316 e. The van der Waals surface area contributed by atoms with E-state index in [1.807, 2.05) is 6.07 Å². The van der Waals surface area contributed by atoms with Crippen LogP contribution in [0, 0.1) is 5.82 Å². The fraction of sp³-hybridized carbons (Fsp3) is 0.385. The van der Waals surface area contributed by atoms with Gasteiger partial charge in [-0.2, -0.15) is 10.1 Å². The van der Waals surface area contributed by atoms with Crippen molar-refractivity contribution in [2.75, 3.05) is 41.9 Å². The Balaban J connectivity index is 1.52. The van der Waals surface area contributed by atoms with Crippen molar-refractivity contribution < 1.29 is 22.3 Å². The zero-order chi connectivity index (χ0) is 27.9. The van der Waals surface area contributed by atoms with Crippen molar-refractivity contribution in [2.45, 2.75) is 25.9 Å². The van der Waals surface area contributed by atoms with Gasteiger partial charge in [0.2, 0.25) is 0 Å². The molecule has 0 saturated carbocycles. The van der Waals surface area contributed by atoms with Crippen molar-refractivity contribution in [3.63, 3.8) is 0 Å². The van der Waals surface area contributed by atoms with E-state index in [1.165, 1.54) is 10.7 Å². The molecular weight excluding hydrogens is 525 g/mol. The quantitative estimate of drug-likeness (QED) is 0.353. The summed E-state index contributed by atoms with van der Waals surface area (Å²) >= 11 is 0. The number of piperazine rings is 1. The van der Waals surface area contributed by atoms with E-state index in [2.05, 4.69) is 44.4 Å². The minimum atomic E-state index is -3.24. The number of hydrogen-bond donors (Lipinski definition) is 2. The average molecular weight is 556 g/mol. The summed E-state index contributed by atoms with van der Waals surface area (Å²) in [4.78, 5) is 24.5. The third-order valence-corrected chi connectivity index (χ3v) is 7.38. The second-order valence-corrected chi connectivity index (χ2v) is 12.3. The van der Waals surface area contributed by atoms with E-state index in [0.29, 0.717) is 16.3 Å². The summed E-state index contributed by atoms with van der Waals surface area (Å²) in [5.41, 5.74) is 1.95. The highest BCUT2D eigenvalue weighted by Crippen LogP contribution is 2.31. The smallest absolute Gasteiger partial charge is 0.316 e. The monoisotopic (exact) mass is 555 g/mol. The molecule has 1 fully saturated rings. The number of hydrogen-bond acceptors (Lipinski definition) is 9. The second-order valence-electron chi connectivity index (χ2n) is 10.1. The molecule has 13 heteroatoms. The van der Waals surface area contributed by atoms with Crippen LogP contribution < -0.4 is 20.3 Å². The van der Waals surface area contributed by atoms with Crippen molar-refractivity contribution in [2.24, 2.45) is 7.05 Å². The molecule has 2 N–H and O–H groups in total. The first-order chi connectivity index (χ1) is 18.5. The molecule has 11 nitrogen and oxygen atoms in total. The molecule has 2 aromatic carbocycles. The minimum absolute atomic E-state index is 0.0396. The van der Waals surface area contributed by atoms with E-state index in [1.54, 1.807) is 31.6 Å². The molecule has 5 rings (SSSR count). The normalized spacial score (nSPS) is 18.0. The molecule has 39 heavy (non-hydrogen) atoms. The Hall–Kier alpha value is -3.84. The Morgan fingerprint density at radius 2 is 1.95 bits per heavy atom. The molecule has 1 aliphatic rings. The number of sulfone groups is 1. The Bertz CT molecular complexity index is 1660. The van der Waals surface area contributed by atoms with Crippen LogP contribution in [0.25, 0.3) is 21.8 Å². The highest BCUT2D eigenvalue weighted by Gasteiger charge is 2.25. The van der Waals surface area contributed by atoms with Gasteiger partial charge in [-0.15, -0.1) is 0 Å². The molecule has 1 aliphatic heterocycles. The van der Waals surface area contributed by atoms with E-state index in [0.717, 1.165) is 25.0 Å². The van der Waals surface area contributed by atoms with Gasteiger partial charge in [0.1, 0.15) is 12.1 Å². The van der Waals surface area contributed by atoms with Crippen molar-refractivity contribution >= 4 is 48.9 Å². The molecule has 0 unspecified atom stereocenters. The first-order valence-corrected chi connectivity index (χ1v) is 14.6. The van der Waals surface area contributed by atoms with E-state index in [-0.39, 0.29) is 47.2 Å². The molecule has 2 aromatic heterocycles. The maximum absolute atomic E-state index is 14.6. The van der Waals surface area contributed by atoms with Gasteiger partial charge in [0.25, 0.3) is 5.91 Å². The molecule has 1 saturated heterocycles. The number of carbonyl (C=O) groups is 1. The van der Waals surface area contributed by atoms with Gasteiger partial charge < -0.3 is 20.3 Å². The lowest BCUT2D eigenvalue weighted by Gasteiger charge is -2.38. The highest BCUT2D eigenvalue weighted by atomic mass is 32.2. The predicted molar refractivity (Wildman–Crippen MR) is 148 cm³/mol. The van der Waals surface area contributed by atoms with E-state index in [4.69, 9.17) is 4.74 Å². The highest BCUT2D eigenvalue weighted by molar-refractivity contribution is 7.90. The van der Waals surface area contributed by atoms with Gasteiger partial charge >= 0.3 is 6.01 Å². The first-order valence-electron chi connectivity index (χ1n) is 12.5. The van der Waals surface area contributed by atoms with Gasteiger partial charge in [0, 0.05) is 73.0 Å². The lowest BCUT2D eigenvalue weighted by Crippen LogP contribution is -2.54. The number of rotatable bonds is 7. The van der Waals surface area contributed by atoms with Crippen LogP contribution in [0.1, 0.15) is 24.2 Å². The van der Waals surface area contributed by atoms with E-state index in [9.17, 15) is 17.6 Å². The number of aromatic nitrogens is 4. The fourth-order valence-corrected chi connectivity index (χ4v) is 5.29. The summed E-state index contributed by atoms with van der Waals surface area (Å²) in [6, 6.07) is 6.88. The lowest BCUT2D eigenvalue weighted by molar-refractivity contribution is 0.102. The molecule has 0 bridgehead atoms. The number of nitrogens with zero attached hydrogens (tertiary/aromatic N) is 5. The summed E-state index contributed by atoms with van der Waals surface area (Å²) in [6.07, 6.45) is 4.37. The van der Waals surface area contributed by atoms with Gasteiger partial charge in [0.15, 0.2) is 15.7 Å². The lowest BCUT2D eigenvalue weighted by atomic mass is 10.0. The zero-order valence-electron chi connectivity index (χ0n) is 22.1. The van der Waals surface area contributed by atoms with Crippen LogP contribution in [0.5, 0.6) is 6.01 Å². The van der Waals surface area contributed by atoms with Crippen LogP contribution in [0.15, 0.2) is 36.7 Å². The molecule has 4 aromatic rings. The molecule has 0 radical (unpaired) electrons. The van der Waals surface area contributed by atoms with Crippen LogP contribution in [0.4, 0.5) is 15.8 Å². The third kappa shape index (κ3) is 5.93. The number of ether oxygens (including phenoxy) is 1. The van der Waals surface area contributed by atoms with Crippen LogP contribution in [-0.2, 0) is 16.9 Å². The van der Waals surface area contributed by atoms with Crippen molar-refractivity contribution in [3.8, 4) is 6.01 Å². The Labute approximate surface area is 225 Å². The zero-order valence-corrected chi connectivity index (χ0v) is 22.9. The Kier molecular flexibility index (Phi) is 7.12. The van der Waals surface area contributed by atoms with Gasteiger partial charge in [-0.05, 0) is 38.1 Å². The summed E-state index contributed by atoms with van der Waals surface area (Å²) in [6.45, 7) is 5.59. The molecule has 2 atom stereocenters. The average Bonchev–Trinajstić information content (AvgIpc) is 3.22. The third-order valence-electron chi connectivity index (χ3n) is 6.47. The van der Waals surface area contributed by atoms with E-state index < -0.39 is 21.6 Å². The van der Waals surface area contributed by atoms with Crippen LogP contribution in [0.2, 0.25) is 0 Å². The van der Waals surface area contributed by atoms with Crippen molar-refractivity contribution in [3.05, 3.63) is 48.0 Å². The number of aryl methyl sites for hydroxylation is 1. The number of amides is 1. The molecule has 0 aliphatic carbocycles. The summed E-state index contributed by atoms with van der Waals surface area (Å²) < 4.78 is 44.7. The molecular formula is C26H30FN7O4S. The number of carbonyl (C=O) groups excluding carboxylic acids is 1. The van der Waals surface area contributed by atoms with Gasteiger partial charge in [-0.3, -0.25) is 9.48 Å². The predicted octanol–water partition coefficient (Wildman–Crippen LogP) is 2.52. The summed E-state index contributed by atoms with van der Waals surface area (Å²) in [5, 5.41) is 11.6. The fourth-order valence-electron chi connectivity index (χ4n) is 4.91. The topological polar surface area (TPSA) is 131 Å². The number of nitrogens with one attached hydrogen (secondary N) is 2. The SMILES string of the molecule is C[C@@H]1CN(c2ccc(C(=O)Nc3cc(F)c4nn(C)cc4c3)c3nc(OCCS(C)(=O)=O)ncc23)C[C@@H](C)N1. The molecule has 0 spiro atoms. The Morgan fingerprint density at radius 3 is 2.67 bits per heavy atom. The number of halogens is 1. The van der Waals surface area contributed by atoms with Gasteiger partial charge in [-0.1, -0.05) is 0 Å². The summed E-state index contributed by atoms with van der Waals surface area (Å²) in [7, 11) is -1.54. The van der Waals surface area contributed by atoms with Crippen LogP contribution in [-0.4, -0.2) is 77.9 Å². The van der Waals surface area contributed by atoms with Gasteiger partial charge in [-0.25, -0.2) is 17.8 Å². The van der Waals surface area contributed by atoms with Crippen molar-refractivity contribution in [1.82, 2.24) is 25.1 Å². The molecule has 206 valence electrons.